The zero-order chi connectivity index (χ0) is 26.2. The molecule has 8 nitrogen and oxygen atoms in total. The Morgan fingerprint density at radius 3 is 2.41 bits per heavy atom. The number of aromatic nitrogens is 2. The van der Waals surface area contributed by atoms with Crippen molar-refractivity contribution in [3.63, 3.8) is 0 Å². The average Bonchev–Trinajstić information content (AvgIpc) is 2.94. The fourth-order valence-electron chi connectivity index (χ4n) is 4.65. The highest BCUT2D eigenvalue weighted by atomic mass is 19.1. The third-order valence-corrected chi connectivity index (χ3v) is 6.54. The van der Waals surface area contributed by atoms with Crippen molar-refractivity contribution < 1.29 is 23.5 Å². The molecule has 0 spiro atoms. The van der Waals surface area contributed by atoms with Crippen LogP contribution in [0.15, 0.2) is 61.1 Å². The second kappa shape index (κ2) is 12.3. The predicted molar refractivity (Wildman–Crippen MR) is 136 cm³/mol. The van der Waals surface area contributed by atoms with Gasteiger partial charge in [0.25, 0.3) is 5.91 Å². The van der Waals surface area contributed by atoms with Crippen LogP contribution in [-0.2, 0) is 11.3 Å². The molecule has 1 N–H and O–H groups in total. The van der Waals surface area contributed by atoms with Gasteiger partial charge in [-0.1, -0.05) is 37.5 Å². The molecule has 0 unspecified atom stereocenters. The van der Waals surface area contributed by atoms with Crippen LogP contribution >= 0.6 is 0 Å². The molecule has 0 bridgehead atoms. The van der Waals surface area contributed by atoms with Gasteiger partial charge in [-0.15, -0.1) is 0 Å². The zero-order valence-corrected chi connectivity index (χ0v) is 21.0. The van der Waals surface area contributed by atoms with E-state index in [4.69, 9.17) is 9.47 Å². The maximum absolute atomic E-state index is 13.9. The minimum Gasteiger partial charge on any atom is -0.493 e. The molecule has 1 heterocycles. The lowest BCUT2D eigenvalue weighted by molar-refractivity contribution is -0.127. The summed E-state index contributed by atoms with van der Waals surface area (Å²) in [5.74, 6) is -0.233. The van der Waals surface area contributed by atoms with Crippen LogP contribution in [0.25, 0.3) is 0 Å². The highest BCUT2D eigenvalue weighted by Gasteiger charge is 2.34. The predicted octanol–water partition coefficient (Wildman–Crippen LogP) is 4.47. The highest BCUT2D eigenvalue weighted by molar-refractivity contribution is 5.96. The van der Waals surface area contributed by atoms with E-state index in [0.717, 1.165) is 32.1 Å². The molecule has 2 aromatic carbocycles. The third kappa shape index (κ3) is 6.41. The van der Waals surface area contributed by atoms with E-state index in [-0.39, 0.29) is 30.0 Å². The van der Waals surface area contributed by atoms with Crippen LogP contribution in [0.5, 0.6) is 11.5 Å². The standard InChI is InChI=1S/C28H31FN4O4/c1-36-24-13-10-20(16-25(24)37-2)26(27(34)32-22-6-4-3-5-7-22)33(18-19-8-11-21(29)12-9-19)28(35)23-17-30-14-15-31-23/h8-17,22,26H,3-7,18H2,1-2H3,(H,32,34)/t26-/m1/s1. The first-order valence-electron chi connectivity index (χ1n) is 12.3. The Hall–Kier alpha value is -4.01. The Morgan fingerprint density at radius 2 is 1.76 bits per heavy atom. The van der Waals surface area contributed by atoms with Gasteiger partial charge < -0.3 is 19.7 Å². The van der Waals surface area contributed by atoms with E-state index >= 15 is 0 Å². The normalized spacial score (nSPS) is 14.5. The number of halogens is 1. The molecule has 1 atom stereocenters. The lowest BCUT2D eigenvalue weighted by Gasteiger charge is -2.33. The third-order valence-electron chi connectivity index (χ3n) is 6.54. The molecule has 1 aliphatic rings. The minimum atomic E-state index is -1.01. The SMILES string of the molecule is COc1ccc([C@H](C(=O)NC2CCCCC2)N(Cc2ccc(F)cc2)C(=O)c2cnccn2)cc1OC. The van der Waals surface area contributed by atoms with Crippen molar-refractivity contribution in [2.24, 2.45) is 0 Å². The molecule has 4 rings (SSSR count). The van der Waals surface area contributed by atoms with E-state index in [0.29, 0.717) is 22.6 Å². The first-order valence-corrected chi connectivity index (χ1v) is 12.3. The lowest BCUT2D eigenvalue weighted by atomic mass is 9.94. The highest BCUT2D eigenvalue weighted by Crippen LogP contribution is 2.34. The number of amides is 2. The number of carbonyl (C=O) groups is 2. The molecule has 3 aromatic rings. The van der Waals surface area contributed by atoms with Crippen LogP contribution in [0.3, 0.4) is 0 Å². The van der Waals surface area contributed by atoms with Gasteiger partial charge in [0.15, 0.2) is 11.5 Å². The Bertz CT molecular complexity index is 1200. The van der Waals surface area contributed by atoms with Crippen molar-refractivity contribution in [3.05, 3.63) is 83.7 Å². The van der Waals surface area contributed by atoms with E-state index < -0.39 is 11.9 Å². The Morgan fingerprint density at radius 1 is 1.03 bits per heavy atom. The van der Waals surface area contributed by atoms with Crippen LogP contribution in [0.4, 0.5) is 4.39 Å². The van der Waals surface area contributed by atoms with Crippen LogP contribution < -0.4 is 14.8 Å². The lowest BCUT2D eigenvalue weighted by Crippen LogP contribution is -2.47. The monoisotopic (exact) mass is 506 g/mol. The van der Waals surface area contributed by atoms with E-state index in [2.05, 4.69) is 15.3 Å². The van der Waals surface area contributed by atoms with Crippen molar-refractivity contribution >= 4 is 11.8 Å². The Labute approximate surface area is 215 Å². The second-order valence-corrected chi connectivity index (χ2v) is 9.01. The van der Waals surface area contributed by atoms with Crippen molar-refractivity contribution in [1.82, 2.24) is 20.2 Å². The van der Waals surface area contributed by atoms with E-state index in [1.165, 1.54) is 49.8 Å². The Balaban J connectivity index is 1.79. The quantitative estimate of drug-likeness (QED) is 0.460. The summed E-state index contributed by atoms with van der Waals surface area (Å²) in [4.78, 5) is 37.4. The van der Waals surface area contributed by atoms with Gasteiger partial charge in [-0.25, -0.2) is 9.37 Å². The van der Waals surface area contributed by atoms with Crippen molar-refractivity contribution in [3.8, 4) is 11.5 Å². The summed E-state index contributed by atoms with van der Waals surface area (Å²) in [6, 6.07) is 10.0. The van der Waals surface area contributed by atoms with Crippen molar-refractivity contribution in [1.29, 1.82) is 0 Å². The van der Waals surface area contributed by atoms with Gasteiger partial charge in [0, 0.05) is 25.0 Å². The zero-order valence-electron chi connectivity index (χ0n) is 21.0. The van der Waals surface area contributed by atoms with Gasteiger partial charge in [0.05, 0.1) is 20.4 Å². The largest absolute Gasteiger partial charge is 0.493 e. The summed E-state index contributed by atoms with van der Waals surface area (Å²) in [6.07, 6.45) is 9.28. The molecular formula is C28H31FN4O4. The van der Waals surface area contributed by atoms with E-state index in [1.807, 2.05) is 0 Å². The van der Waals surface area contributed by atoms with Gasteiger partial charge in [-0.3, -0.25) is 14.6 Å². The van der Waals surface area contributed by atoms with E-state index in [1.54, 1.807) is 30.3 Å². The summed E-state index contributed by atoms with van der Waals surface area (Å²) < 4.78 is 24.5. The van der Waals surface area contributed by atoms with Crippen LogP contribution in [-0.4, -0.2) is 46.9 Å². The minimum absolute atomic E-state index is 0.0307. The molecule has 1 saturated carbocycles. The molecule has 0 aliphatic heterocycles. The number of rotatable bonds is 9. The number of hydrogen-bond acceptors (Lipinski definition) is 6. The van der Waals surface area contributed by atoms with Gasteiger partial charge >= 0.3 is 0 Å². The van der Waals surface area contributed by atoms with Gasteiger partial charge in [0.2, 0.25) is 5.91 Å². The second-order valence-electron chi connectivity index (χ2n) is 9.01. The van der Waals surface area contributed by atoms with Gasteiger partial charge in [0.1, 0.15) is 17.6 Å². The number of carbonyl (C=O) groups excluding carboxylic acids is 2. The maximum Gasteiger partial charge on any atom is 0.275 e. The summed E-state index contributed by atoms with van der Waals surface area (Å²) in [5.41, 5.74) is 1.31. The number of methoxy groups -OCH3 is 2. The van der Waals surface area contributed by atoms with E-state index in [9.17, 15) is 14.0 Å². The van der Waals surface area contributed by atoms with Gasteiger partial charge in [-0.2, -0.15) is 0 Å². The smallest absolute Gasteiger partial charge is 0.275 e. The molecular weight excluding hydrogens is 475 g/mol. The topological polar surface area (TPSA) is 93.7 Å². The summed E-state index contributed by atoms with van der Waals surface area (Å²) in [6.45, 7) is 0.0484. The molecule has 2 amide bonds. The van der Waals surface area contributed by atoms with Crippen molar-refractivity contribution in [2.75, 3.05) is 14.2 Å². The molecule has 1 aromatic heterocycles. The fraction of sp³-hybridized carbons (Fsp3) is 0.357. The maximum atomic E-state index is 13.9. The number of nitrogens with zero attached hydrogens (tertiary/aromatic N) is 3. The van der Waals surface area contributed by atoms with Gasteiger partial charge in [-0.05, 0) is 48.2 Å². The summed E-state index contributed by atoms with van der Waals surface area (Å²) >= 11 is 0. The number of benzene rings is 2. The average molecular weight is 507 g/mol. The molecule has 37 heavy (non-hydrogen) atoms. The number of hydrogen-bond donors (Lipinski definition) is 1. The molecule has 1 aliphatic carbocycles. The summed E-state index contributed by atoms with van der Waals surface area (Å²) in [5, 5.41) is 3.16. The number of ether oxygens (including phenoxy) is 2. The van der Waals surface area contributed by atoms with Crippen LogP contribution in [0.1, 0.15) is 59.8 Å². The number of nitrogens with one attached hydrogen (secondary N) is 1. The molecule has 194 valence electrons. The Kier molecular flexibility index (Phi) is 8.66. The molecule has 0 saturated heterocycles. The molecule has 1 fully saturated rings. The van der Waals surface area contributed by atoms with Crippen molar-refractivity contribution in [2.45, 2.75) is 50.7 Å². The summed E-state index contributed by atoms with van der Waals surface area (Å²) in [7, 11) is 3.04. The molecule has 9 heteroatoms. The first kappa shape index (κ1) is 26.1. The first-order chi connectivity index (χ1) is 18.0. The van der Waals surface area contributed by atoms with Crippen LogP contribution in [0.2, 0.25) is 0 Å². The fourth-order valence-corrected chi connectivity index (χ4v) is 4.65. The molecule has 0 radical (unpaired) electrons. The van der Waals surface area contributed by atoms with Crippen LogP contribution in [0, 0.1) is 5.82 Å².